The molecule has 5 nitrogen and oxygen atoms in total. The van der Waals surface area contributed by atoms with E-state index in [2.05, 4.69) is 22.5 Å². The van der Waals surface area contributed by atoms with Crippen LogP contribution in [0, 0.1) is 0 Å². The number of guanidine groups is 1. The monoisotopic (exact) mass is 474 g/mol. The van der Waals surface area contributed by atoms with Gasteiger partial charge in [-0.2, -0.15) is 0 Å². The van der Waals surface area contributed by atoms with Gasteiger partial charge in [-0.1, -0.05) is 19.8 Å². The summed E-state index contributed by atoms with van der Waals surface area (Å²) in [7, 11) is 0. The molecule has 2 aromatic heterocycles. The maximum Gasteiger partial charge on any atom is 0.191 e. The zero-order chi connectivity index (χ0) is 16.6. The molecule has 0 atom stereocenters. The Balaban J connectivity index is 0.00000225. The van der Waals surface area contributed by atoms with E-state index < -0.39 is 0 Å². The lowest BCUT2D eigenvalue weighted by molar-refractivity contribution is 0.506. The first-order valence-corrected chi connectivity index (χ1v) is 9.66. The van der Waals surface area contributed by atoms with Crippen molar-refractivity contribution in [3.05, 3.63) is 40.2 Å². The Kier molecular flexibility index (Phi) is 8.74. The van der Waals surface area contributed by atoms with E-state index in [0.717, 1.165) is 36.1 Å². The van der Waals surface area contributed by atoms with E-state index >= 15 is 0 Å². The van der Waals surface area contributed by atoms with Crippen LogP contribution in [-0.4, -0.2) is 23.5 Å². The van der Waals surface area contributed by atoms with E-state index in [9.17, 15) is 0 Å². The molecular weight excluding hydrogens is 447 g/mol. The molecule has 2 N–H and O–H groups in total. The van der Waals surface area contributed by atoms with Crippen LogP contribution in [0.15, 0.2) is 34.0 Å². The smallest absolute Gasteiger partial charge is 0.191 e. The average molecular weight is 474 g/mol. The molecule has 0 aromatic carbocycles. The molecule has 0 radical (unpaired) electrons. The zero-order valence-electron chi connectivity index (χ0n) is 14.7. The number of aliphatic imine (C=N–C) groups is 1. The van der Waals surface area contributed by atoms with Crippen molar-refractivity contribution in [2.24, 2.45) is 4.99 Å². The number of thiazole rings is 1. The van der Waals surface area contributed by atoms with Gasteiger partial charge in [-0.3, -0.25) is 0 Å². The highest BCUT2D eigenvalue weighted by molar-refractivity contribution is 14.0. The van der Waals surface area contributed by atoms with Gasteiger partial charge in [-0.25, -0.2) is 9.98 Å². The van der Waals surface area contributed by atoms with Crippen LogP contribution in [0.2, 0.25) is 0 Å². The number of furan rings is 1. The Morgan fingerprint density at radius 1 is 1.40 bits per heavy atom. The molecule has 3 rings (SSSR count). The van der Waals surface area contributed by atoms with Crippen LogP contribution in [0.5, 0.6) is 0 Å². The van der Waals surface area contributed by atoms with Crippen molar-refractivity contribution in [1.29, 1.82) is 0 Å². The average Bonchev–Trinajstić information content (AvgIpc) is 3.34. The summed E-state index contributed by atoms with van der Waals surface area (Å²) >= 11 is 1.75. The molecule has 1 saturated carbocycles. The molecule has 2 heterocycles. The van der Waals surface area contributed by atoms with Gasteiger partial charge in [0, 0.05) is 30.1 Å². The van der Waals surface area contributed by atoms with E-state index in [1.165, 1.54) is 30.6 Å². The molecule has 0 amide bonds. The van der Waals surface area contributed by atoms with Gasteiger partial charge in [-0.05, 0) is 31.4 Å². The van der Waals surface area contributed by atoms with Gasteiger partial charge in [0.1, 0.15) is 10.8 Å². The van der Waals surface area contributed by atoms with E-state index in [1.54, 1.807) is 17.6 Å². The Morgan fingerprint density at radius 3 is 2.92 bits per heavy atom. The first-order valence-electron chi connectivity index (χ1n) is 8.84. The Morgan fingerprint density at radius 2 is 2.24 bits per heavy atom. The second-order valence-electron chi connectivity index (χ2n) is 6.12. The van der Waals surface area contributed by atoms with Crippen LogP contribution >= 0.6 is 35.3 Å². The fourth-order valence-electron chi connectivity index (χ4n) is 2.91. The predicted octanol–water partition coefficient (Wildman–Crippen LogP) is 4.14. The fraction of sp³-hybridized carbons (Fsp3) is 0.556. The van der Waals surface area contributed by atoms with Crippen LogP contribution in [-0.2, 0) is 19.4 Å². The highest BCUT2D eigenvalue weighted by Gasteiger charge is 2.16. The summed E-state index contributed by atoms with van der Waals surface area (Å²) in [6.07, 6.45) is 10.7. The van der Waals surface area contributed by atoms with E-state index in [4.69, 9.17) is 9.41 Å². The number of aryl methyl sites for hydroxylation is 1. The lowest BCUT2D eigenvalue weighted by Crippen LogP contribution is -2.43. The molecule has 1 aliphatic carbocycles. The number of hydrogen-bond donors (Lipinski definition) is 2. The number of aromatic nitrogens is 1. The molecule has 0 saturated heterocycles. The third-order valence-electron chi connectivity index (χ3n) is 4.26. The Hall–Kier alpha value is -1.09. The predicted molar refractivity (Wildman–Crippen MR) is 114 cm³/mol. The molecule has 138 valence electrons. The molecule has 0 unspecified atom stereocenters. The van der Waals surface area contributed by atoms with Crippen molar-refractivity contribution in [2.75, 3.05) is 6.54 Å². The SMILES string of the molecule is CCc1cnc(CN=C(NCCc2ccco2)NC2CCCC2)s1.I. The van der Waals surface area contributed by atoms with E-state index in [0.29, 0.717) is 12.6 Å². The lowest BCUT2D eigenvalue weighted by Gasteiger charge is -2.17. The van der Waals surface area contributed by atoms with Crippen molar-refractivity contribution in [1.82, 2.24) is 15.6 Å². The van der Waals surface area contributed by atoms with Crippen LogP contribution in [0.25, 0.3) is 0 Å². The van der Waals surface area contributed by atoms with Gasteiger partial charge in [0.05, 0.1) is 12.8 Å². The maximum absolute atomic E-state index is 5.38. The first kappa shape index (κ1) is 20.2. The molecule has 2 aromatic rings. The molecule has 0 spiro atoms. The van der Waals surface area contributed by atoms with Gasteiger partial charge < -0.3 is 15.1 Å². The molecule has 1 fully saturated rings. The number of hydrogen-bond acceptors (Lipinski definition) is 4. The second-order valence-corrected chi connectivity index (χ2v) is 7.32. The number of rotatable bonds is 7. The summed E-state index contributed by atoms with van der Waals surface area (Å²) < 4.78 is 5.38. The Labute approximate surface area is 170 Å². The molecule has 7 heteroatoms. The topological polar surface area (TPSA) is 62.5 Å². The van der Waals surface area contributed by atoms with Crippen molar-refractivity contribution in [3.8, 4) is 0 Å². The van der Waals surface area contributed by atoms with E-state index in [1.807, 2.05) is 18.3 Å². The molecule has 1 aliphatic rings. The highest BCUT2D eigenvalue weighted by atomic mass is 127. The van der Waals surface area contributed by atoms with Crippen molar-refractivity contribution >= 4 is 41.3 Å². The first-order chi connectivity index (χ1) is 11.8. The number of halogens is 1. The van der Waals surface area contributed by atoms with Gasteiger partial charge in [-0.15, -0.1) is 35.3 Å². The summed E-state index contributed by atoms with van der Waals surface area (Å²) in [5, 5.41) is 8.08. The largest absolute Gasteiger partial charge is 0.469 e. The van der Waals surface area contributed by atoms with Gasteiger partial charge in [0.2, 0.25) is 0 Å². The Bertz CT molecular complexity index is 635. The van der Waals surface area contributed by atoms with Crippen molar-refractivity contribution < 1.29 is 4.42 Å². The minimum Gasteiger partial charge on any atom is -0.469 e. The van der Waals surface area contributed by atoms with Gasteiger partial charge >= 0.3 is 0 Å². The van der Waals surface area contributed by atoms with Crippen LogP contribution < -0.4 is 10.6 Å². The number of nitrogens with one attached hydrogen (secondary N) is 2. The third-order valence-corrected chi connectivity index (χ3v) is 5.39. The number of nitrogens with zero attached hydrogens (tertiary/aromatic N) is 2. The van der Waals surface area contributed by atoms with Gasteiger partial charge in [0.15, 0.2) is 5.96 Å². The molecular formula is C18H27IN4OS. The molecule has 25 heavy (non-hydrogen) atoms. The normalized spacial score (nSPS) is 15.2. The lowest BCUT2D eigenvalue weighted by atomic mass is 10.2. The summed E-state index contributed by atoms with van der Waals surface area (Å²) in [6.45, 7) is 3.60. The van der Waals surface area contributed by atoms with Gasteiger partial charge in [0.25, 0.3) is 0 Å². The third kappa shape index (κ3) is 6.62. The van der Waals surface area contributed by atoms with Crippen molar-refractivity contribution in [2.45, 2.75) is 58.0 Å². The van der Waals surface area contributed by atoms with Crippen molar-refractivity contribution in [3.63, 3.8) is 0 Å². The summed E-state index contributed by atoms with van der Waals surface area (Å²) in [4.78, 5) is 10.5. The van der Waals surface area contributed by atoms with Crippen LogP contribution in [0.1, 0.15) is 48.3 Å². The summed E-state index contributed by atoms with van der Waals surface area (Å²) in [6, 6.07) is 4.47. The highest BCUT2D eigenvalue weighted by Crippen LogP contribution is 2.18. The quantitative estimate of drug-likeness (QED) is 0.360. The minimum absolute atomic E-state index is 0. The standard InChI is InChI=1S/C18H26N4OS.HI/c1-2-16-12-20-17(24-16)13-21-18(22-14-6-3-4-7-14)19-10-9-15-8-5-11-23-15;/h5,8,11-12,14H,2-4,6-7,9-10,13H2,1H3,(H2,19,21,22);1H. The second kappa shape index (κ2) is 10.8. The fourth-order valence-corrected chi connectivity index (χ4v) is 3.69. The van der Waals surface area contributed by atoms with Crippen LogP contribution in [0.3, 0.4) is 0 Å². The van der Waals surface area contributed by atoms with E-state index in [-0.39, 0.29) is 24.0 Å². The molecule has 0 bridgehead atoms. The minimum atomic E-state index is 0. The maximum atomic E-state index is 5.38. The zero-order valence-corrected chi connectivity index (χ0v) is 17.8. The summed E-state index contributed by atoms with van der Waals surface area (Å²) in [5.74, 6) is 1.89. The van der Waals surface area contributed by atoms with Crippen LogP contribution in [0.4, 0.5) is 0 Å². The molecule has 0 aliphatic heterocycles. The summed E-state index contributed by atoms with van der Waals surface area (Å²) in [5.41, 5.74) is 0.